The molecule has 0 aliphatic carbocycles. The minimum absolute atomic E-state index is 0.236. The molecule has 1 fully saturated rings. The zero-order valence-corrected chi connectivity index (χ0v) is 20.8. The van der Waals surface area contributed by atoms with Crippen LogP contribution in [0.1, 0.15) is 67.1 Å². The van der Waals surface area contributed by atoms with Crippen molar-refractivity contribution < 1.29 is 28.7 Å². The number of alkyl carbamates (subject to hydrolysis) is 1. The highest BCUT2D eigenvalue weighted by Gasteiger charge is 2.39. The molecule has 2 aromatic carbocycles. The van der Waals surface area contributed by atoms with Gasteiger partial charge in [0, 0.05) is 24.1 Å². The normalized spacial score (nSPS) is 17.8. The van der Waals surface area contributed by atoms with E-state index in [4.69, 9.17) is 9.47 Å². The molecule has 2 N–H and O–H groups in total. The van der Waals surface area contributed by atoms with E-state index in [9.17, 15) is 19.2 Å². The van der Waals surface area contributed by atoms with Crippen molar-refractivity contribution in [3.63, 3.8) is 0 Å². The average Bonchev–Trinajstić information content (AvgIpc) is 3.04. The predicted molar refractivity (Wildman–Crippen MR) is 131 cm³/mol. The quantitative estimate of drug-likeness (QED) is 0.596. The number of rotatable bonds is 6. The Bertz CT molecular complexity index is 1190. The van der Waals surface area contributed by atoms with Gasteiger partial charge in [0.1, 0.15) is 24.0 Å². The molecule has 4 rings (SSSR count). The first-order valence-corrected chi connectivity index (χ1v) is 12.0. The smallest absolute Gasteiger partial charge is 0.407 e. The largest absolute Gasteiger partial charge is 0.489 e. The van der Waals surface area contributed by atoms with Gasteiger partial charge in [-0.3, -0.25) is 19.7 Å². The summed E-state index contributed by atoms with van der Waals surface area (Å²) >= 11 is 0. The average molecular weight is 494 g/mol. The summed E-state index contributed by atoms with van der Waals surface area (Å²) in [7, 11) is 0. The molecule has 0 radical (unpaired) electrons. The molecule has 1 saturated heterocycles. The van der Waals surface area contributed by atoms with Gasteiger partial charge in [-0.2, -0.15) is 0 Å². The van der Waals surface area contributed by atoms with Gasteiger partial charge in [0.05, 0.1) is 6.54 Å². The fourth-order valence-electron chi connectivity index (χ4n) is 4.36. The second-order valence-corrected chi connectivity index (χ2v) is 10.00. The van der Waals surface area contributed by atoms with Crippen LogP contribution in [0.25, 0.3) is 0 Å². The first kappa shape index (κ1) is 25.2. The van der Waals surface area contributed by atoms with E-state index in [0.29, 0.717) is 30.7 Å². The number of fused-ring (bicyclic) bond motifs is 1. The van der Waals surface area contributed by atoms with Crippen molar-refractivity contribution in [1.29, 1.82) is 0 Å². The lowest BCUT2D eigenvalue weighted by atomic mass is 10.1. The number of carbonyl (C=O) groups excluding carboxylic acids is 4. The van der Waals surface area contributed by atoms with Gasteiger partial charge in [0.15, 0.2) is 0 Å². The second-order valence-electron chi connectivity index (χ2n) is 10.00. The van der Waals surface area contributed by atoms with Crippen LogP contribution < -0.4 is 15.4 Å². The molecular formula is C27H31N3O6. The number of imide groups is 1. The van der Waals surface area contributed by atoms with Crippen LogP contribution in [0.5, 0.6) is 5.75 Å². The van der Waals surface area contributed by atoms with Crippen LogP contribution >= 0.6 is 0 Å². The molecule has 4 amide bonds. The molecule has 1 atom stereocenters. The summed E-state index contributed by atoms with van der Waals surface area (Å²) in [6, 6.07) is 12.3. The Kier molecular flexibility index (Phi) is 7.28. The Balaban J connectivity index is 1.41. The summed E-state index contributed by atoms with van der Waals surface area (Å²) in [5.41, 5.74) is 2.47. The van der Waals surface area contributed by atoms with E-state index in [1.54, 1.807) is 18.2 Å². The summed E-state index contributed by atoms with van der Waals surface area (Å²) < 4.78 is 11.4. The van der Waals surface area contributed by atoms with Crippen LogP contribution in [-0.2, 0) is 34.0 Å². The number of nitrogens with one attached hydrogen (secondary N) is 2. The summed E-state index contributed by atoms with van der Waals surface area (Å²) in [5, 5.41) is 5.12. The number of hydrogen-bond donors (Lipinski definition) is 2. The van der Waals surface area contributed by atoms with E-state index in [1.165, 1.54) is 4.90 Å². The highest BCUT2D eigenvalue weighted by atomic mass is 16.6. The first-order valence-electron chi connectivity index (χ1n) is 12.0. The summed E-state index contributed by atoms with van der Waals surface area (Å²) in [5.74, 6) is -0.400. The minimum Gasteiger partial charge on any atom is -0.489 e. The van der Waals surface area contributed by atoms with Gasteiger partial charge in [-0.05, 0) is 56.9 Å². The second kappa shape index (κ2) is 10.4. The minimum atomic E-state index is -0.682. The Morgan fingerprint density at radius 3 is 2.64 bits per heavy atom. The first-order chi connectivity index (χ1) is 17.1. The molecule has 0 saturated carbocycles. The number of ether oxygens (including phenoxy) is 2. The fourth-order valence-corrected chi connectivity index (χ4v) is 4.36. The van der Waals surface area contributed by atoms with Gasteiger partial charge in [-0.15, -0.1) is 0 Å². The molecule has 2 aliphatic heterocycles. The molecule has 2 aromatic rings. The lowest BCUT2D eigenvalue weighted by Crippen LogP contribution is -2.46. The topological polar surface area (TPSA) is 114 Å². The van der Waals surface area contributed by atoms with Crippen LogP contribution in [0.4, 0.5) is 4.79 Å². The number of amides is 4. The van der Waals surface area contributed by atoms with Crippen molar-refractivity contribution in [3.05, 3.63) is 64.7 Å². The van der Waals surface area contributed by atoms with Crippen molar-refractivity contribution in [2.75, 3.05) is 0 Å². The van der Waals surface area contributed by atoms with E-state index in [0.717, 1.165) is 16.7 Å². The fraction of sp³-hybridized carbons (Fsp3) is 0.407. The number of nitrogens with zero attached hydrogens (tertiary/aromatic N) is 1. The van der Waals surface area contributed by atoms with Crippen molar-refractivity contribution >= 4 is 23.8 Å². The molecular weight excluding hydrogens is 462 g/mol. The predicted octanol–water partition coefficient (Wildman–Crippen LogP) is 3.44. The molecule has 9 heteroatoms. The summed E-state index contributed by atoms with van der Waals surface area (Å²) in [4.78, 5) is 50.7. The Hall–Kier alpha value is -3.88. The molecule has 2 aliphatic rings. The van der Waals surface area contributed by atoms with Crippen LogP contribution in [0.15, 0.2) is 42.5 Å². The van der Waals surface area contributed by atoms with Gasteiger partial charge >= 0.3 is 6.09 Å². The Morgan fingerprint density at radius 1 is 1.11 bits per heavy atom. The number of carbonyl (C=O) groups is 4. The third-order valence-electron chi connectivity index (χ3n) is 6.00. The standard InChI is InChI=1S/C27H31N3O6/c1-27(2,3)36-26(34)28-14-17-7-4-8-18(13-17)16-35-22-11-5-9-19-20(22)15-30(25(19)33)21-10-6-12-23(31)29-24(21)32/h4-5,7-9,11,13,21H,6,10,12,14-16H2,1-3H3,(H,28,34)(H,29,31,32)/t21-/m0/s1. The number of benzene rings is 2. The van der Waals surface area contributed by atoms with Crippen LogP contribution in [0.3, 0.4) is 0 Å². The molecule has 0 bridgehead atoms. The van der Waals surface area contributed by atoms with Gasteiger partial charge in [-0.25, -0.2) is 4.79 Å². The maximum atomic E-state index is 13.1. The highest BCUT2D eigenvalue weighted by molar-refractivity contribution is 6.04. The molecule has 36 heavy (non-hydrogen) atoms. The monoisotopic (exact) mass is 493 g/mol. The van der Waals surface area contributed by atoms with Crippen molar-refractivity contribution in [1.82, 2.24) is 15.5 Å². The third kappa shape index (κ3) is 6.02. The summed E-state index contributed by atoms with van der Waals surface area (Å²) in [6.07, 6.45) is 0.783. The third-order valence-corrected chi connectivity index (χ3v) is 6.00. The van der Waals surface area contributed by atoms with Crippen molar-refractivity contribution in [3.8, 4) is 5.75 Å². The van der Waals surface area contributed by atoms with E-state index < -0.39 is 23.6 Å². The van der Waals surface area contributed by atoms with Crippen LogP contribution in [0, 0.1) is 0 Å². The molecule has 9 nitrogen and oxygen atoms in total. The Labute approximate surface area is 210 Å². The van der Waals surface area contributed by atoms with E-state index >= 15 is 0 Å². The van der Waals surface area contributed by atoms with Gasteiger partial charge in [0.25, 0.3) is 5.91 Å². The Morgan fingerprint density at radius 2 is 1.86 bits per heavy atom. The molecule has 0 spiro atoms. The van der Waals surface area contributed by atoms with E-state index in [1.807, 2.05) is 45.0 Å². The highest BCUT2D eigenvalue weighted by Crippen LogP contribution is 2.34. The maximum Gasteiger partial charge on any atom is 0.407 e. The molecule has 2 heterocycles. The lowest BCUT2D eigenvalue weighted by Gasteiger charge is -2.24. The van der Waals surface area contributed by atoms with Crippen molar-refractivity contribution in [2.45, 2.75) is 71.4 Å². The zero-order valence-electron chi connectivity index (χ0n) is 20.8. The van der Waals surface area contributed by atoms with Crippen LogP contribution in [-0.4, -0.2) is 40.4 Å². The van der Waals surface area contributed by atoms with Crippen LogP contribution in [0.2, 0.25) is 0 Å². The van der Waals surface area contributed by atoms with Gasteiger partial charge < -0.3 is 19.7 Å². The molecule has 190 valence electrons. The maximum absolute atomic E-state index is 13.1. The van der Waals surface area contributed by atoms with Gasteiger partial charge in [0.2, 0.25) is 11.8 Å². The van der Waals surface area contributed by atoms with E-state index in [2.05, 4.69) is 10.6 Å². The number of hydrogen-bond acceptors (Lipinski definition) is 6. The van der Waals surface area contributed by atoms with Crippen molar-refractivity contribution in [2.24, 2.45) is 0 Å². The van der Waals surface area contributed by atoms with E-state index in [-0.39, 0.29) is 31.4 Å². The lowest BCUT2D eigenvalue weighted by molar-refractivity contribution is -0.132. The molecule has 0 aromatic heterocycles. The SMILES string of the molecule is CC(C)(C)OC(=O)NCc1cccc(COc2cccc3c2CN([C@H]2CCCC(=O)NC2=O)C3=O)c1. The molecule has 0 unspecified atom stereocenters. The zero-order chi connectivity index (χ0) is 25.9. The summed E-state index contributed by atoms with van der Waals surface area (Å²) in [6.45, 7) is 6.26. The van der Waals surface area contributed by atoms with Gasteiger partial charge in [-0.1, -0.05) is 30.3 Å².